The minimum Gasteiger partial charge on any atom is -0.329 e. The fraction of sp³-hybridized carbons (Fsp3) is 0.571. The summed E-state index contributed by atoms with van der Waals surface area (Å²) in [6, 6.07) is 4.46. The van der Waals surface area contributed by atoms with E-state index >= 15 is 0 Å². The van der Waals surface area contributed by atoms with Crippen LogP contribution in [0.25, 0.3) is 0 Å². The SMILES string of the molecule is O=S1(=O)CC[C@H]([NH+]2CCN(S(=O)(=O)c3cc(Cl)ccc3Cl)CC2)C1. The molecule has 0 aliphatic carbocycles. The largest absolute Gasteiger partial charge is 0.329 e. The van der Waals surface area contributed by atoms with Crippen LogP contribution in [-0.2, 0) is 19.9 Å². The lowest BCUT2D eigenvalue weighted by molar-refractivity contribution is -0.925. The molecular formula is C14H19Cl2N2O4S2+. The highest BCUT2D eigenvalue weighted by Crippen LogP contribution is 2.27. The van der Waals surface area contributed by atoms with Gasteiger partial charge in [-0.2, -0.15) is 4.31 Å². The zero-order chi connectivity index (χ0) is 17.5. The molecule has 1 N–H and O–H groups in total. The summed E-state index contributed by atoms with van der Waals surface area (Å²) in [4.78, 5) is 1.18. The first-order valence-electron chi connectivity index (χ1n) is 7.69. The lowest BCUT2D eigenvalue weighted by atomic mass is 10.2. The molecule has 1 atom stereocenters. The quantitative estimate of drug-likeness (QED) is 0.760. The van der Waals surface area contributed by atoms with Gasteiger partial charge in [-0.25, -0.2) is 16.8 Å². The molecule has 0 saturated carbocycles. The van der Waals surface area contributed by atoms with Gasteiger partial charge in [0.15, 0.2) is 9.84 Å². The monoisotopic (exact) mass is 413 g/mol. The number of sulfonamides is 1. The molecule has 1 aromatic rings. The number of piperazine rings is 1. The molecule has 1 aromatic carbocycles. The van der Waals surface area contributed by atoms with Crippen LogP contribution in [0.15, 0.2) is 23.1 Å². The minimum atomic E-state index is -3.70. The minimum absolute atomic E-state index is 0.0172. The number of quaternary nitrogens is 1. The van der Waals surface area contributed by atoms with Gasteiger partial charge in [-0.3, -0.25) is 0 Å². The van der Waals surface area contributed by atoms with Gasteiger partial charge in [-0.15, -0.1) is 0 Å². The zero-order valence-electron chi connectivity index (χ0n) is 12.9. The van der Waals surface area contributed by atoms with Gasteiger partial charge in [0.2, 0.25) is 10.0 Å². The predicted octanol–water partition coefficient (Wildman–Crippen LogP) is 0.0697. The highest BCUT2D eigenvalue weighted by molar-refractivity contribution is 7.91. The first-order chi connectivity index (χ1) is 11.2. The van der Waals surface area contributed by atoms with Crippen molar-refractivity contribution in [1.82, 2.24) is 4.31 Å². The molecule has 0 radical (unpaired) electrons. The van der Waals surface area contributed by atoms with Crippen LogP contribution in [0.2, 0.25) is 10.0 Å². The molecule has 3 rings (SSSR count). The van der Waals surface area contributed by atoms with E-state index in [2.05, 4.69) is 0 Å². The Kier molecular flexibility index (Phi) is 5.17. The predicted molar refractivity (Wildman–Crippen MR) is 93.0 cm³/mol. The van der Waals surface area contributed by atoms with Gasteiger partial charge in [0.25, 0.3) is 0 Å². The lowest BCUT2D eigenvalue weighted by Crippen LogP contribution is -3.18. The molecular weight excluding hydrogens is 395 g/mol. The van der Waals surface area contributed by atoms with E-state index in [4.69, 9.17) is 23.2 Å². The highest BCUT2D eigenvalue weighted by atomic mass is 35.5. The summed E-state index contributed by atoms with van der Waals surface area (Å²) in [6.45, 7) is 1.88. The van der Waals surface area contributed by atoms with Crippen molar-refractivity contribution in [2.24, 2.45) is 0 Å². The van der Waals surface area contributed by atoms with Crippen LogP contribution in [0, 0.1) is 0 Å². The number of benzene rings is 1. The molecule has 134 valence electrons. The fourth-order valence-electron chi connectivity index (χ4n) is 3.35. The second-order valence-electron chi connectivity index (χ2n) is 6.24. The second-order valence-corrected chi connectivity index (χ2v) is 11.2. The van der Waals surface area contributed by atoms with Crippen molar-refractivity contribution >= 4 is 43.1 Å². The molecule has 2 aliphatic heterocycles. The first kappa shape index (κ1) is 18.4. The Morgan fingerprint density at radius 3 is 2.42 bits per heavy atom. The van der Waals surface area contributed by atoms with Crippen molar-refractivity contribution in [2.75, 3.05) is 37.7 Å². The van der Waals surface area contributed by atoms with Gasteiger partial charge in [-0.05, 0) is 18.2 Å². The summed E-state index contributed by atoms with van der Waals surface area (Å²) < 4.78 is 50.2. The van der Waals surface area contributed by atoms with Crippen molar-refractivity contribution in [2.45, 2.75) is 17.4 Å². The van der Waals surface area contributed by atoms with Gasteiger partial charge in [0.05, 0.1) is 37.0 Å². The summed E-state index contributed by atoms with van der Waals surface area (Å²) in [5.41, 5.74) is 0. The van der Waals surface area contributed by atoms with E-state index in [1.165, 1.54) is 21.3 Å². The van der Waals surface area contributed by atoms with E-state index in [9.17, 15) is 16.8 Å². The average molecular weight is 414 g/mol. The number of sulfone groups is 1. The van der Waals surface area contributed by atoms with E-state index in [1.54, 1.807) is 6.07 Å². The van der Waals surface area contributed by atoms with Gasteiger partial charge >= 0.3 is 0 Å². The van der Waals surface area contributed by atoms with E-state index in [0.29, 0.717) is 37.6 Å². The normalized spacial score (nSPS) is 25.8. The van der Waals surface area contributed by atoms with Gasteiger partial charge in [-0.1, -0.05) is 23.2 Å². The Bertz CT molecular complexity index is 834. The number of nitrogens with one attached hydrogen (secondary N) is 1. The third kappa shape index (κ3) is 3.73. The van der Waals surface area contributed by atoms with Gasteiger partial charge in [0.1, 0.15) is 16.7 Å². The molecule has 2 aliphatic rings. The van der Waals surface area contributed by atoms with E-state index in [1.807, 2.05) is 0 Å². The first-order valence-corrected chi connectivity index (χ1v) is 11.7. The fourth-order valence-corrected chi connectivity index (χ4v) is 7.36. The molecule has 2 fully saturated rings. The van der Waals surface area contributed by atoms with Crippen LogP contribution in [0.5, 0.6) is 0 Å². The summed E-state index contributed by atoms with van der Waals surface area (Å²) in [6.07, 6.45) is 0.657. The molecule has 0 unspecified atom stereocenters. The standard InChI is InChI=1S/C14H18Cl2N2O4S2/c15-11-1-2-13(16)14(9-11)24(21,22)18-6-4-17(5-7-18)12-3-8-23(19,20)10-12/h1-2,9,12H,3-8,10H2/p+1/t12-/m0/s1. The smallest absolute Gasteiger partial charge is 0.245 e. The van der Waals surface area contributed by atoms with Crippen LogP contribution in [0.1, 0.15) is 6.42 Å². The molecule has 24 heavy (non-hydrogen) atoms. The molecule has 10 heteroatoms. The third-order valence-corrected chi connectivity index (χ3v) is 9.07. The summed E-state index contributed by atoms with van der Waals surface area (Å²) in [5, 5.41) is 0.467. The molecule has 0 bridgehead atoms. The highest BCUT2D eigenvalue weighted by Gasteiger charge is 2.39. The summed E-state index contributed by atoms with van der Waals surface area (Å²) in [7, 11) is -6.62. The Labute approximate surface area is 152 Å². The summed E-state index contributed by atoms with van der Waals surface area (Å²) >= 11 is 11.9. The van der Waals surface area contributed by atoms with Crippen LogP contribution < -0.4 is 4.90 Å². The van der Waals surface area contributed by atoms with E-state index in [0.717, 1.165) is 0 Å². The molecule has 0 spiro atoms. The van der Waals surface area contributed by atoms with Crippen LogP contribution in [0.3, 0.4) is 0 Å². The Morgan fingerprint density at radius 1 is 1.17 bits per heavy atom. The van der Waals surface area contributed by atoms with Crippen molar-refractivity contribution in [3.63, 3.8) is 0 Å². The number of nitrogens with zero attached hydrogens (tertiary/aromatic N) is 1. The van der Waals surface area contributed by atoms with Crippen molar-refractivity contribution < 1.29 is 21.7 Å². The topological polar surface area (TPSA) is 76.0 Å². The Hall–Kier alpha value is -0.380. The van der Waals surface area contributed by atoms with Crippen molar-refractivity contribution in [1.29, 1.82) is 0 Å². The molecule has 6 nitrogen and oxygen atoms in total. The summed E-state index contributed by atoms with van der Waals surface area (Å²) in [5.74, 6) is 0.441. The number of halogens is 2. The number of hydrogen-bond acceptors (Lipinski definition) is 4. The zero-order valence-corrected chi connectivity index (χ0v) is 16.1. The number of hydrogen-bond donors (Lipinski definition) is 1. The van der Waals surface area contributed by atoms with Crippen molar-refractivity contribution in [3.8, 4) is 0 Å². The molecule has 0 aromatic heterocycles. The lowest BCUT2D eigenvalue weighted by Gasteiger charge is -2.34. The maximum atomic E-state index is 12.8. The van der Waals surface area contributed by atoms with E-state index in [-0.39, 0.29) is 27.5 Å². The molecule has 2 saturated heterocycles. The molecule has 0 amide bonds. The second kappa shape index (κ2) is 6.74. The van der Waals surface area contributed by atoms with Crippen LogP contribution in [-0.4, -0.2) is 64.9 Å². The molecule has 2 heterocycles. The average Bonchev–Trinajstić information content (AvgIpc) is 2.90. The van der Waals surface area contributed by atoms with Crippen molar-refractivity contribution in [3.05, 3.63) is 28.2 Å². The van der Waals surface area contributed by atoms with Gasteiger partial charge < -0.3 is 4.90 Å². The third-order valence-electron chi connectivity index (χ3n) is 4.69. The maximum absolute atomic E-state index is 12.8. The van der Waals surface area contributed by atoms with Gasteiger partial charge in [0, 0.05) is 11.4 Å². The maximum Gasteiger partial charge on any atom is 0.245 e. The number of rotatable bonds is 3. The Morgan fingerprint density at radius 2 is 1.83 bits per heavy atom. The van der Waals surface area contributed by atoms with Crippen LogP contribution in [0.4, 0.5) is 0 Å². The van der Waals surface area contributed by atoms with Crippen LogP contribution >= 0.6 is 23.2 Å². The van der Waals surface area contributed by atoms with E-state index < -0.39 is 19.9 Å². The Balaban J connectivity index is 1.71.